The Kier molecular flexibility index (Phi) is 7.14. The van der Waals surface area contributed by atoms with Crippen LogP contribution in [0.1, 0.15) is 6.92 Å². The summed E-state index contributed by atoms with van der Waals surface area (Å²) in [4.78, 5) is 27.4. The largest absolute Gasteiger partial charge is 0.450 e. The van der Waals surface area contributed by atoms with Crippen molar-refractivity contribution >= 4 is 29.1 Å². The Morgan fingerprint density at radius 2 is 2.25 bits per heavy atom. The van der Waals surface area contributed by atoms with Crippen LogP contribution in [0.15, 0.2) is 6.07 Å². The van der Waals surface area contributed by atoms with Gasteiger partial charge in [0.1, 0.15) is 11.5 Å². The van der Waals surface area contributed by atoms with Crippen LogP contribution in [0.5, 0.6) is 0 Å². The standard InChI is InChI=1S/C13H22N6O5/c1-4-24-13(21)17-10-5-9(11(19(22)23)12(14)16-10)15-6-8(20)7-18(2)3/h5,8,20H,4,6-7H2,1-3H3,(H4,14,15,16,17,21). The minimum absolute atomic E-state index is 0.00106. The van der Waals surface area contributed by atoms with Crippen LogP contribution in [-0.2, 0) is 4.74 Å². The third-order valence-corrected chi connectivity index (χ3v) is 2.81. The molecule has 1 rings (SSSR count). The Balaban J connectivity index is 2.99. The Morgan fingerprint density at radius 1 is 1.58 bits per heavy atom. The van der Waals surface area contributed by atoms with Crippen molar-refractivity contribution in [2.24, 2.45) is 0 Å². The molecule has 0 saturated carbocycles. The fraction of sp³-hybridized carbons (Fsp3) is 0.538. The molecule has 1 unspecified atom stereocenters. The summed E-state index contributed by atoms with van der Waals surface area (Å²) in [6.45, 7) is 2.23. The zero-order chi connectivity index (χ0) is 18.3. The quantitative estimate of drug-likeness (QED) is 0.389. The summed E-state index contributed by atoms with van der Waals surface area (Å²) >= 11 is 0. The third-order valence-electron chi connectivity index (χ3n) is 2.81. The van der Waals surface area contributed by atoms with Gasteiger partial charge in [0.2, 0.25) is 5.82 Å². The number of carbonyl (C=O) groups excluding carboxylic acids is 1. The summed E-state index contributed by atoms with van der Waals surface area (Å²) in [5.74, 6) is -0.361. The molecule has 11 nitrogen and oxygen atoms in total. The van der Waals surface area contributed by atoms with Gasteiger partial charge in [0, 0.05) is 19.2 Å². The highest BCUT2D eigenvalue weighted by Gasteiger charge is 2.22. The van der Waals surface area contributed by atoms with Crippen LogP contribution < -0.4 is 16.4 Å². The zero-order valence-corrected chi connectivity index (χ0v) is 13.8. The van der Waals surface area contributed by atoms with Crippen LogP contribution in [0.4, 0.5) is 27.8 Å². The van der Waals surface area contributed by atoms with Gasteiger partial charge in [-0.3, -0.25) is 15.4 Å². The van der Waals surface area contributed by atoms with Gasteiger partial charge < -0.3 is 25.8 Å². The number of hydrogen-bond acceptors (Lipinski definition) is 9. The van der Waals surface area contributed by atoms with E-state index >= 15 is 0 Å². The number of hydrogen-bond donors (Lipinski definition) is 4. The SMILES string of the molecule is CCOC(=O)Nc1cc(NCC(O)CN(C)C)c([N+](=O)[O-])c(N)n1. The number of nitrogens with zero attached hydrogens (tertiary/aromatic N) is 3. The highest BCUT2D eigenvalue weighted by molar-refractivity contribution is 5.86. The number of aromatic nitrogens is 1. The lowest BCUT2D eigenvalue weighted by Crippen LogP contribution is -2.31. The van der Waals surface area contributed by atoms with Gasteiger partial charge in [0.05, 0.1) is 17.6 Å². The second kappa shape index (κ2) is 8.84. The van der Waals surface area contributed by atoms with Crippen LogP contribution in [0, 0.1) is 10.1 Å². The first-order valence-corrected chi connectivity index (χ1v) is 7.19. The van der Waals surface area contributed by atoms with Crippen molar-refractivity contribution in [3.05, 3.63) is 16.2 Å². The number of amides is 1. The van der Waals surface area contributed by atoms with E-state index in [0.717, 1.165) is 0 Å². The molecule has 0 aliphatic heterocycles. The molecule has 0 aromatic carbocycles. The normalized spacial score (nSPS) is 11.9. The molecule has 1 aromatic heterocycles. The van der Waals surface area contributed by atoms with Crippen LogP contribution in [0.25, 0.3) is 0 Å². The molecule has 0 bridgehead atoms. The maximum atomic E-state index is 11.4. The second-order valence-electron chi connectivity index (χ2n) is 5.19. The predicted octanol–water partition coefficient (Wildman–Crippen LogP) is 0.475. The van der Waals surface area contributed by atoms with E-state index in [-0.39, 0.29) is 30.5 Å². The number of ether oxygens (including phenoxy) is 1. The van der Waals surface area contributed by atoms with E-state index in [9.17, 15) is 20.0 Å². The van der Waals surface area contributed by atoms with E-state index in [1.165, 1.54) is 6.07 Å². The van der Waals surface area contributed by atoms with Crippen molar-refractivity contribution in [2.45, 2.75) is 13.0 Å². The molecule has 5 N–H and O–H groups in total. The van der Waals surface area contributed by atoms with Gasteiger partial charge in [-0.25, -0.2) is 9.78 Å². The number of aliphatic hydroxyl groups is 1. The predicted molar refractivity (Wildman–Crippen MR) is 89.0 cm³/mol. The Morgan fingerprint density at radius 3 is 2.79 bits per heavy atom. The molecule has 24 heavy (non-hydrogen) atoms. The monoisotopic (exact) mass is 342 g/mol. The number of aliphatic hydroxyl groups excluding tert-OH is 1. The molecular formula is C13H22N6O5. The maximum Gasteiger partial charge on any atom is 0.412 e. The van der Waals surface area contributed by atoms with Crippen molar-refractivity contribution < 1.29 is 19.6 Å². The Bertz CT molecular complexity index is 594. The first-order chi connectivity index (χ1) is 11.2. The van der Waals surface area contributed by atoms with E-state index < -0.39 is 22.8 Å². The topological polar surface area (TPSA) is 156 Å². The van der Waals surface area contributed by atoms with Gasteiger partial charge in [-0.2, -0.15) is 0 Å². The molecule has 134 valence electrons. The molecule has 1 aromatic rings. The van der Waals surface area contributed by atoms with Crippen molar-refractivity contribution in [3.63, 3.8) is 0 Å². The van der Waals surface area contributed by atoms with Crippen LogP contribution in [-0.4, -0.2) is 65.9 Å². The smallest absolute Gasteiger partial charge is 0.412 e. The number of nitrogens with one attached hydrogen (secondary N) is 2. The summed E-state index contributed by atoms with van der Waals surface area (Å²) in [7, 11) is 3.58. The molecule has 0 radical (unpaired) electrons. The van der Waals surface area contributed by atoms with Gasteiger partial charge in [-0.1, -0.05) is 0 Å². The number of rotatable bonds is 8. The van der Waals surface area contributed by atoms with Crippen molar-refractivity contribution in [1.82, 2.24) is 9.88 Å². The number of likely N-dealkylation sites (N-methyl/N-ethyl adjacent to an activating group) is 1. The third kappa shape index (κ3) is 5.85. The van der Waals surface area contributed by atoms with Gasteiger partial charge >= 0.3 is 11.8 Å². The molecule has 1 heterocycles. The second-order valence-corrected chi connectivity index (χ2v) is 5.19. The molecule has 0 spiro atoms. The summed E-state index contributed by atoms with van der Waals surface area (Å²) in [5.41, 5.74) is 5.21. The van der Waals surface area contributed by atoms with Gasteiger partial charge in [0.25, 0.3) is 0 Å². The molecule has 1 atom stereocenters. The molecule has 0 saturated heterocycles. The van der Waals surface area contributed by atoms with Gasteiger partial charge in [-0.15, -0.1) is 0 Å². The highest BCUT2D eigenvalue weighted by atomic mass is 16.6. The van der Waals surface area contributed by atoms with Crippen LogP contribution in [0.3, 0.4) is 0 Å². The number of nitrogens with two attached hydrogens (primary N) is 1. The summed E-state index contributed by atoms with van der Waals surface area (Å²) in [6, 6.07) is 1.26. The average molecular weight is 342 g/mol. The molecular weight excluding hydrogens is 320 g/mol. The maximum absolute atomic E-state index is 11.4. The lowest BCUT2D eigenvalue weighted by atomic mass is 10.2. The lowest BCUT2D eigenvalue weighted by Gasteiger charge is -2.17. The van der Waals surface area contributed by atoms with Crippen molar-refractivity contribution in [1.29, 1.82) is 0 Å². The first-order valence-electron chi connectivity index (χ1n) is 7.19. The summed E-state index contributed by atoms with van der Waals surface area (Å²) in [5, 5.41) is 26.1. The molecule has 0 aliphatic carbocycles. The van der Waals surface area contributed by atoms with E-state index in [1.807, 2.05) is 0 Å². The fourth-order valence-corrected chi connectivity index (χ4v) is 1.93. The summed E-state index contributed by atoms with van der Waals surface area (Å²) in [6.07, 6.45) is -1.51. The molecule has 0 aliphatic rings. The number of carbonyl (C=O) groups is 1. The Labute approximate surface area is 138 Å². The summed E-state index contributed by atoms with van der Waals surface area (Å²) < 4.78 is 4.71. The lowest BCUT2D eigenvalue weighted by molar-refractivity contribution is -0.383. The van der Waals surface area contributed by atoms with Gasteiger partial charge in [0.15, 0.2) is 0 Å². The van der Waals surface area contributed by atoms with Crippen molar-refractivity contribution in [2.75, 3.05) is 50.2 Å². The van der Waals surface area contributed by atoms with Crippen LogP contribution >= 0.6 is 0 Å². The van der Waals surface area contributed by atoms with Gasteiger partial charge in [-0.05, 0) is 21.0 Å². The zero-order valence-electron chi connectivity index (χ0n) is 13.8. The molecule has 11 heteroatoms. The highest BCUT2D eigenvalue weighted by Crippen LogP contribution is 2.32. The van der Waals surface area contributed by atoms with Crippen LogP contribution in [0.2, 0.25) is 0 Å². The Hall–Kier alpha value is -2.66. The average Bonchev–Trinajstić information content (AvgIpc) is 2.43. The van der Waals surface area contributed by atoms with E-state index in [0.29, 0.717) is 6.54 Å². The minimum atomic E-state index is -0.754. The van der Waals surface area contributed by atoms with E-state index in [2.05, 4.69) is 15.6 Å². The minimum Gasteiger partial charge on any atom is -0.450 e. The molecule has 1 amide bonds. The number of nitro groups is 1. The van der Waals surface area contributed by atoms with E-state index in [4.69, 9.17) is 10.5 Å². The first kappa shape index (κ1) is 19.4. The fourth-order valence-electron chi connectivity index (χ4n) is 1.93. The number of anilines is 3. The number of pyridine rings is 1. The molecule has 0 fully saturated rings. The van der Waals surface area contributed by atoms with Crippen molar-refractivity contribution in [3.8, 4) is 0 Å². The number of nitrogen functional groups attached to an aromatic ring is 1. The van der Waals surface area contributed by atoms with E-state index in [1.54, 1.807) is 25.9 Å².